The summed E-state index contributed by atoms with van der Waals surface area (Å²) in [5, 5.41) is 2.58. The Morgan fingerprint density at radius 3 is 2.81 bits per heavy atom. The molecular weight excluding hydrogens is 204 g/mol. The predicted molar refractivity (Wildman–Crippen MR) is 59.6 cm³/mol. The van der Waals surface area contributed by atoms with Gasteiger partial charge in [-0.05, 0) is 12.1 Å². The van der Waals surface area contributed by atoms with Gasteiger partial charge in [-0.3, -0.25) is 14.8 Å². The fraction of sp³-hybridized carbons (Fsp3) is 0.0909. The van der Waals surface area contributed by atoms with E-state index < -0.39 is 0 Å². The summed E-state index contributed by atoms with van der Waals surface area (Å²) in [6, 6.07) is 3.71. The van der Waals surface area contributed by atoms with Gasteiger partial charge in [0.1, 0.15) is 0 Å². The number of anilines is 1. The summed E-state index contributed by atoms with van der Waals surface area (Å²) in [5.41, 5.74) is 1.54. The van der Waals surface area contributed by atoms with E-state index in [2.05, 4.69) is 20.3 Å². The summed E-state index contributed by atoms with van der Waals surface area (Å²) >= 11 is 0. The Morgan fingerprint density at radius 1 is 1.25 bits per heavy atom. The van der Waals surface area contributed by atoms with Gasteiger partial charge in [-0.25, -0.2) is 4.98 Å². The molecule has 0 atom stereocenters. The van der Waals surface area contributed by atoms with E-state index in [1.807, 2.05) is 12.1 Å². The van der Waals surface area contributed by atoms with Gasteiger partial charge in [-0.1, -0.05) is 0 Å². The average Bonchev–Trinajstić information content (AvgIpc) is 2.30. The van der Waals surface area contributed by atoms with Crippen molar-refractivity contribution in [2.75, 3.05) is 5.32 Å². The van der Waals surface area contributed by atoms with Crippen molar-refractivity contribution in [1.82, 2.24) is 15.0 Å². The van der Waals surface area contributed by atoms with Crippen molar-refractivity contribution in [3.05, 3.63) is 36.9 Å². The third kappa shape index (κ3) is 2.38. The highest BCUT2D eigenvalue weighted by molar-refractivity contribution is 5.87. The number of aromatic nitrogens is 3. The van der Waals surface area contributed by atoms with Crippen LogP contribution in [0.15, 0.2) is 36.9 Å². The molecule has 0 aromatic carbocycles. The zero-order chi connectivity index (χ0) is 11.4. The summed E-state index contributed by atoms with van der Waals surface area (Å²) < 4.78 is 0. The number of amides is 1. The summed E-state index contributed by atoms with van der Waals surface area (Å²) in [7, 11) is 0. The molecule has 2 heterocycles. The Balaban J connectivity index is 2.33. The molecule has 1 amide bonds. The second kappa shape index (κ2) is 4.48. The highest BCUT2D eigenvalue weighted by atomic mass is 16.1. The molecule has 80 valence electrons. The van der Waals surface area contributed by atoms with Crippen LogP contribution in [-0.2, 0) is 4.79 Å². The van der Waals surface area contributed by atoms with Crippen molar-refractivity contribution in [2.45, 2.75) is 6.92 Å². The van der Waals surface area contributed by atoms with Crippen LogP contribution in [-0.4, -0.2) is 20.9 Å². The Morgan fingerprint density at radius 2 is 2.12 bits per heavy atom. The van der Waals surface area contributed by atoms with Crippen molar-refractivity contribution in [1.29, 1.82) is 0 Å². The van der Waals surface area contributed by atoms with Crippen LogP contribution >= 0.6 is 0 Å². The molecule has 0 saturated heterocycles. The van der Waals surface area contributed by atoms with Crippen molar-refractivity contribution in [3.8, 4) is 11.3 Å². The smallest absolute Gasteiger partial charge is 0.222 e. The number of hydrogen-bond acceptors (Lipinski definition) is 4. The van der Waals surface area contributed by atoms with Gasteiger partial charge < -0.3 is 5.32 Å². The van der Waals surface area contributed by atoms with E-state index in [0.717, 1.165) is 5.56 Å². The highest BCUT2D eigenvalue weighted by Crippen LogP contribution is 2.15. The lowest BCUT2D eigenvalue weighted by Gasteiger charge is -2.03. The Bertz CT molecular complexity index is 498. The first-order valence-electron chi connectivity index (χ1n) is 4.76. The number of nitrogens with one attached hydrogen (secondary N) is 1. The number of carbonyl (C=O) groups is 1. The molecule has 0 saturated carbocycles. The number of carbonyl (C=O) groups excluding carboxylic acids is 1. The van der Waals surface area contributed by atoms with Gasteiger partial charge in [0.25, 0.3) is 0 Å². The minimum absolute atomic E-state index is 0.169. The minimum atomic E-state index is -0.169. The first kappa shape index (κ1) is 10.2. The van der Waals surface area contributed by atoms with E-state index in [9.17, 15) is 4.79 Å². The summed E-state index contributed by atoms with van der Waals surface area (Å²) in [6.45, 7) is 1.43. The lowest BCUT2D eigenvalue weighted by molar-refractivity contribution is -0.114. The molecule has 0 aliphatic rings. The Kier molecular flexibility index (Phi) is 2.86. The molecular formula is C11H10N4O. The van der Waals surface area contributed by atoms with Crippen LogP contribution < -0.4 is 5.32 Å². The molecule has 0 spiro atoms. The molecule has 0 unspecified atom stereocenters. The molecule has 0 radical (unpaired) electrons. The first-order chi connectivity index (χ1) is 7.75. The summed E-state index contributed by atoms with van der Waals surface area (Å²) in [4.78, 5) is 23.1. The van der Waals surface area contributed by atoms with E-state index in [1.54, 1.807) is 18.6 Å². The second-order valence-corrected chi connectivity index (χ2v) is 3.21. The molecule has 16 heavy (non-hydrogen) atoms. The van der Waals surface area contributed by atoms with Crippen LogP contribution in [0.25, 0.3) is 11.3 Å². The Labute approximate surface area is 92.6 Å². The first-order valence-corrected chi connectivity index (χ1v) is 4.76. The zero-order valence-corrected chi connectivity index (χ0v) is 8.71. The quantitative estimate of drug-likeness (QED) is 0.822. The van der Waals surface area contributed by atoms with E-state index >= 15 is 0 Å². The van der Waals surface area contributed by atoms with Crippen LogP contribution in [0, 0.1) is 0 Å². The van der Waals surface area contributed by atoms with Crippen LogP contribution in [0.1, 0.15) is 6.92 Å². The SMILES string of the molecule is CC(=O)Nc1cncc(-c2cccnc2)n1. The fourth-order valence-corrected chi connectivity index (χ4v) is 1.26. The number of rotatable bonds is 2. The highest BCUT2D eigenvalue weighted by Gasteiger charge is 2.02. The molecule has 5 nitrogen and oxygen atoms in total. The van der Waals surface area contributed by atoms with Crippen LogP contribution in [0.2, 0.25) is 0 Å². The van der Waals surface area contributed by atoms with Gasteiger partial charge in [0.15, 0.2) is 5.82 Å². The van der Waals surface area contributed by atoms with Crippen molar-refractivity contribution >= 4 is 11.7 Å². The molecule has 2 aromatic heterocycles. The van der Waals surface area contributed by atoms with Gasteiger partial charge >= 0.3 is 0 Å². The molecule has 5 heteroatoms. The maximum Gasteiger partial charge on any atom is 0.222 e. The molecule has 0 aliphatic carbocycles. The second-order valence-electron chi connectivity index (χ2n) is 3.21. The summed E-state index contributed by atoms with van der Waals surface area (Å²) in [5.74, 6) is 0.270. The molecule has 1 N–H and O–H groups in total. The van der Waals surface area contributed by atoms with Crippen molar-refractivity contribution in [2.24, 2.45) is 0 Å². The van der Waals surface area contributed by atoms with Crippen LogP contribution in [0.5, 0.6) is 0 Å². The molecule has 0 aliphatic heterocycles. The van der Waals surface area contributed by atoms with E-state index in [4.69, 9.17) is 0 Å². The number of hydrogen-bond donors (Lipinski definition) is 1. The van der Waals surface area contributed by atoms with Gasteiger partial charge in [0.05, 0.1) is 18.1 Å². The van der Waals surface area contributed by atoms with Gasteiger partial charge in [0.2, 0.25) is 5.91 Å². The lowest BCUT2D eigenvalue weighted by atomic mass is 10.2. The monoisotopic (exact) mass is 214 g/mol. The van der Waals surface area contributed by atoms with E-state index in [0.29, 0.717) is 11.5 Å². The van der Waals surface area contributed by atoms with E-state index in [-0.39, 0.29) is 5.91 Å². The normalized spacial score (nSPS) is 9.81. The topological polar surface area (TPSA) is 67.8 Å². The molecule has 2 aromatic rings. The van der Waals surface area contributed by atoms with Gasteiger partial charge in [-0.2, -0.15) is 0 Å². The zero-order valence-electron chi connectivity index (χ0n) is 8.71. The molecule has 2 rings (SSSR count). The molecule has 0 fully saturated rings. The minimum Gasteiger partial charge on any atom is -0.310 e. The van der Waals surface area contributed by atoms with Crippen molar-refractivity contribution in [3.63, 3.8) is 0 Å². The van der Waals surface area contributed by atoms with Gasteiger partial charge in [-0.15, -0.1) is 0 Å². The fourth-order valence-electron chi connectivity index (χ4n) is 1.26. The standard InChI is InChI=1S/C11H10N4O/c1-8(16)14-11-7-13-6-10(15-11)9-3-2-4-12-5-9/h2-7H,1H3,(H,14,15,16). The third-order valence-electron chi connectivity index (χ3n) is 1.90. The summed E-state index contributed by atoms with van der Waals surface area (Å²) in [6.07, 6.45) is 6.51. The predicted octanol–water partition coefficient (Wildman–Crippen LogP) is 1.50. The van der Waals surface area contributed by atoms with Crippen LogP contribution in [0.4, 0.5) is 5.82 Å². The number of pyridine rings is 1. The maximum atomic E-state index is 10.9. The van der Waals surface area contributed by atoms with E-state index in [1.165, 1.54) is 13.1 Å². The van der Waals surface area contributed by atoms with Crippen molar-refractivity contribution < 1.29 is 4.79 Å². The Hall–Kier alpha value is -2.30. The molecule has 0 bridgehead atoms. The maximum absolute atomic E-state index is 10.9. The lowest BCUT2D eigenvalue weighted by Crippen LogP contribution is -2.08. The number of nitrogens with zero attached hydrogens (tertiary/aromatic N) is 3. The third-order valence-corrected chi connectivity index (χ3v) is 1.90. The largest absolute Gasteiger partial charge is 0.310 e. The average molecular weight is 214 g/mol. The van der Waals surface area contributed by atoms with Gasteiger partial charge in [0, 0.05) is 24.9 Å². The van der Waals surface area contributed by atoms with Crippen LogP contribution in [0.3, 0.4) is 0 Å².